The number of likely N-dealkylation sites (tertiary alicyclic amines) is 3. The van der Waals surface area contributed by atoms with E-state index in [1.807, 2.05) is 20.4 Å². The van der Waals surface area contributed by atoms with Crippen LogP contribution in [0.15, 0.2) is 67.3 Å². The number of hydrogen-bond donors (Lipinski definition) is 2. The van der Waals surface area contributed by atoms with Crippen molar-refractivity contribution in [3.8, 4) is 11.3 Å². The van der Waals surface area contributed by atoms with E-state index in [0.29, 0.717) is 113 Å². The Morgan fingerprint density at radius 3 is 2.26 bits per heavy atom. The fourth-order valence-corrected chi connectivity index (χ4v) is 13.1. The molecule has 6 aliphatic heterocycles. The first kappa shape index (κ1) is 48.1. The van der Waals surface area contributed by atoms with Gasteiger partial charge in [-0.05, 0) is 121 Å². The summed E-state index contributed by atoms with van der Waals surface area (Å²) < 4.78 is 17.1. The van der Waals surface area contributed by atoms with Gasteiger partial charge in [-0.3, -0.25) is 29.3 Å². The molecule has 12 rings (SSSR count). The molecule has 3 aromatic heterocycles. The highest BCUT2D eigenvalue weighted by atomic mass is 19.1. The smallest absolute Gasteiger partial charge is 0.238 e. The first-order valence-electron chi connectivity index (χ1n) is 27.0. The van der Waals surface area contributed by atoms with Crippen molar-refractivity contribution in [2.75, 3.05) is 67.5 Å². The minimum absolute atomic E-state index is 0.0604. The van der Waals surface area contributed by atoms with Crippen LogP contribution in [0.25, 0.3) is 22.3 Å². The summed E-state index contributed by atoms with van der Waals surface area (Å²) in [5.41, 5.74) is 5.18. The van der Waals surface area contributed by atoms with E-state index >= 15 is 9.18 Å². The normalized spacial score (nSPS) is 24.5. The largest absolute Gasteiger partial charge is 0.342 e. The molecule has 5 amide bonds. The Balaban J connectivity index is 0.729. The number of imidazole rings is 1. The minimum atomic E-state index is -0.765. The second-order valence-electron chi connectivity index (χ2n) is 22.1. The van der Waals surface area contributed by atoms with Crippen molar-refractivity contribution in [1.82, 2.24) is 44.5 Å². The molecule has 386 valence electrons. The van der Waals surface area contributed by atoms with Gasteiger partial charge in [0.05, 0.1) is 40.5 Å². The van der Waals surface area contributed by atoms with Gasteiger partial charge in [-0.2, -0.15) is 0 Å². The van der Waals surface area contributed by atoms with Gasteiger partial charge in [-0.15, -0.1) is 0 Å². The predicted molar refractivity (Wildman–Crippen MR) is 277 cm³/mol. The number of benzene rings is 2. The molecule has 1 aliphatic carbocycles. The third-order valence-electron chi connectivity index (χ3n) is 17.5. The number of rotatable bonds is 10. The van der Waals surface area contributed by atoms with Crippen molar-refractivity contribution < 1.29 is 28.4 Å². The van der Waals surface area contributed by atoms with Crippen molar-refractivity contribution in [3.05, 3.63) is 84.2 Å². The van der Waals surface area contributed by atoms with Crippen LogP contribution in [0.4, 0.5) is 27.5 Å². The van der Waals surface area contributed by atoms with Gasteiger partial charge in [0.2, 0.25) is 35.5 Å². The van der Waals surface area contributed by atoms with Crippen molar-refractivity contribution in [2.45, 2.75) is 120 Å². The molecule has 1 saturated carbocycles. The maximum Gasteiger partial charge on any atom is 0.238 e. The number of para-hydroxylation sites is 1. The molecule has 9 heterocycles. The Kier molecular flexibility index (Phi) is 12.7. The van der Waals surface area contributed by atoms with Gasteiger partial charge in [-0.25, -0.2) is 24.3 Å². The number of piperidine rings is 4. The van der Waals surface area contributed by atoms with E-state index in [-0.39, 0.29) is 65.7 Å². The van der Waals surface area contributed by atoms with Crippen LogP contribution >= 0.6 is 0 Å². The SMILES string of the molecule is CC(C)n1cnc2cc(-c3ccc4c(c3)N([C@H]3C[C@@H](N5CCCCC5)C3)C(=O)C43CCN(C(=O)[C@@H]4CCN(C(=O)C5CCN(c6ncc(C7CCC(=O)NC7=O)cn6)CC5)C4)CC3)nc(Nc3ccccc3F)c21. The number of hydrogen-bond acceptors (Lipinski definition) is 12. The molecule has 5 aromatic rings. The van der Waals surface area contributed by atoms with Crippen LogP contribution in [0.5, 0.6) is 0 Å². The van der Waals surface area contributed by atoms with E-state index < -0.39 is 11.3 Å². The fourth-order valence-electron chi connectivity index (χ4n) is 13.1. The molecule has 0 radical (unpaired) electrons. The predicted octanol–water partition coefficient (Wildman–Crippen LogP) is 6.86. The average molecular weight is 1010 g/mol. The zero-order valence-electron chi connectivity index (χ0n) is 42.3. The van der Waals surface area contributed by atoms with Crippen LogP contribution < -0.4 is 20.4 Å². The molecular formula is C56H65FN12O5. The topological polar surface area (TPSA) is 182 Å². The number of anilines is 4. The lowest BCUT2D eigenvalue weighted by molar-refractivity contribution is -0.140. The van der Waals surface area contributed by atoms with E-state index in [4.69, 9.17) is 9.97 Å². The van der Waals surface area contributed by atoms with Crippen molar-refractivity contribution in [3.63, 3.8) is 0 Å². The molecule has 1 spiro atoms. The molecule has 2 aromatic carbocycles. The fraction of sp³-hybridized carbons (Fsp3) is 0.518. The maximum absolute atomic E-state index is 15.3. The summed E-state index contributed by atoms with van der Waals surface area (Å²) in [6.07, 6.45) is 14.4. The number of fused-ring (bicyclic) bond motifs is 3. The van der Waals surface area contributed by atoms with Gasteiger partial charge in [0.25, 0.3) is 0 Å². The van der Waals surface area contributed by atoms with Gasteiger partial charge < -0.3 is 34.4 Å². The second kappa shape index (κ2) is 19.5. The summed E-state index contributed by atoms with van der Waals surface area (Å²) in [5, 5.41) is 5.67. The van der Waals surface area contributed by atoms with Crippen LogP contribution in [-0.4, -0.2) is 133 Å². The van der Waals surface area contributed by atoms with Crippen molar-refractivity contribution in [2.24, 2.45) is 11.8 Å². The number of halogens is 1. The zero-order chi connectivity index (χ0) is 50.8. The van der Waals surface area contributed by atoms with E-state index in [9.17, 15) is 19.2 Å². The molecule has 2 N–H and O–H groups in total. The average Bonchev–Trinajstić information content (AvgIpc) is 4.14. The van der Waals surface area contributed by atoms with Crippen LogP contribution in [0, 0.1) is 17.7 Å². The monoisotopic (exact) mass is 1000 g/mol. The summed E-state index contributed by atoms with van der Waals surface area (Å²) in [7, 11) is 0. The molecule has 17 nitrogen and oxygen atoms in total. The third kappa shape index (κ3) is 8.65. The summed E-state index contributed by atoms with van der Waals surface area (Å²) in [6.45, 7) is 9.48. The molecule has 18 heteroatoms. The standard InChI is InChI=1S/C56H65FN12O5/c1-34(2)68-33-60-46-29-45(62-50(49(46)68)61-44-9-5-4-8-43(44)57)36-10-12-42-47(26-36)69(40-27-39(28-40)64-19-6-3-7-20-64)54(74)56(42)17-24-65(25-18-56)53(73)37-16-23-67(32-37)52(72)35-14-21-66(22-15-35)55-58-30-38(31-59-55)41-11-13-48(70)63-51(41)71/h4-5,8-10,12,26,29-31,33-35,37,39-41H,3,6-7,11,13-25,27-28,32H2,1-2H3,(H,61,62)(H,63,70,71)/t37-,39-,40+,41?/m1/s1. The lowest BCUT2D eigenvalue weighted by Gasteiger charge is -2.48. The van der Waals surface area contributed by atoms with Crippen molar-refractivity contribution in [1.29, 1.82) is 0 Å². The van der Waals surface area contributed by atoms with Crippen LogP contribution in [0.1, 0.15) is 114 Å². The lowest BCUT2D eigenvalue weighted by atomic mass is 9.73. The van der Waals surface area contributed by atoms with Gasteiger partial charge in [-0.1, -0.05) is 30.7 Å². The summed E-state index contributed by atoms with van der Waals surface area (Å²) in [6, 6.07) is 15.5. The number of aromatic nitrogens is 5. The maximum atomic E-state index is 15.3. The highest BCUT2D eigenvalue weighted by Gasteiger charge is 2.56. The van der Waals surface area contributed by atoms with Gasteiger partial charge >= 0.3 is 0 Å². The molecular weight excluding hydrogens is 940 g/mol. The first-order chi connectivity index (χ1) is 35.9. The van der Waals surface area contributed by atoms with Crippen LogP contribution in [0.3, 0.4) is 0 Å². The summed E-state index contributed by atoms with van der Waals surface area (Å²) in [4.78, 5) is 97.1. The Hall–Kier alpha value is -6.82. The number of imide groups is 1. The lowest BCUT2D eigenvalue weighted by Crippen LogP contribution is -2.58. The molecule has 5 saturated heterocycles. The summed E-state index contributed by atoms with van der Waals surface area (Å²) >= 11 is 0. The highest BCUT2D eigenvalue weighted by molar-refractivity contribution is 6.09. The number of nitrogens with zero attached hydrogens (tertiary/aromatic N) is 10. The minimum Gasteiger partial charge on any atom is -0.342 e. The van der Waals surface area contributed by atoms with E-state index in [0.717, 1.165) is 53.8 Å². The van der Waals surface area contributed by atoms with Gasteiger partial charge in [0.1, 0.15) is 11.3 Å². The third-order valence-corrected chi connectivity index (χ3v) is 17.5. The van der Waals surface area contributed by atoms with Crippen LogP contribution in [0.2, 0.25) is 0 Å². The number of nitrogens with one attached hydrogen (secondary N) is 2. The Labute approximate surface area is 430 Å². The van der Waals surface area contributed by atoms with E-state index in [1.165, 1.54) is 25.3 Å². The number of carbonyl (C=O) groups excluding carboxylic acids is 5. The summed E-state index contributed by atoms with van der Waals surface area (Å²) in [5.74, 6) is -0.513. The second-order valence-corrected chi connectivity index (χ2v) is 22.1. The molecule has 7 aliphatic rings. The van der Waals surface area contributed by atoms with Crippen molar-refractivity contribution >= 4 is 63.7 Å². The molecule has 1 unspecified atom stereocenters. The molecule has 2 atom stereocenters. The number of amides is 5. The Morgan fingerprint density at radius 2 is 1.53 bits per heavy atom. The van der Waals surface area contributed by atoms with E-state index in [1.54, 1.807) is 36.9 Å². The Morgan fingerprint density at radius 1 is 0.797 bits per heavy atom. The molecule has 0 bridgehead atoms. The zero-order valence-corrected chi connectivity index (χ0v) is 42.3. The van der Waals surface area contributed by atoms with Crippen LogP contribution in [-0.2, 0) is 29.4 Å². The van der Waals surface area contributed by atoms with Gasteiger partial charge in [0.15, 0.2) is 5.82 Å². The first-order valence-corrected chi connectivity index (χ1v) is 27.0. The molecule has 74 heavy (non-hydrogen) atoms. The van der Waals surface area contributed by atoms with Gasteiger partial charge in [0, 0.05) is 98.9 Å². The van der Waals surface area contributed by atoms with E-state index in [2.05, 4.69) is 67.3 Å². The highest BCUT2D eigenvalue weighted by Crippen LogP contribution is 2.52. The number of carbonyl (C=O) groups is 5. The molecule has 6 fully saturated rings. The number of pyridine rings is 1. The Bertz CT molecular complexity index is 3010. The quantitative estimate of drug-likeness (QED) is 0.139.